The number of nitrogens with zero attached hydrogens (tertiary/aromatic N) is 3. The van der Waals surface area contributed by atoms with Gasteiger partial charge in [-0.25, -0.2) is 14.1 Å². The molecule has 1 heterocycles. The van der Waals surface area contributed by atoms with Crippen LogP contribution in [0.5, 0.6) is 0 Å². The van der Waals surface area contributed by atoms with Gasteiger partial charge in [0.05, 0.1) is 16.3 Å². The summed E-state index contributed by atoms with van der Waals surface area (Å²) in [4.78, 5) is 27.9. The monoisotopic (exact) mass is 335 g/mol. The molecule has 120 valence electrons. The fourth-order valence-electron chi connectivity index (χ4n) is 3.45. The quantitative estimate of drug-likeness (QED) is 0.740. The second kappa shape index (κ2) is 5.20. The van der Waals surface area contributed by atoms with Crippen molar-refractivity contribution in [1.82, 2.24) is 4.90 Å². The maximum absolute atomic E-state index is 13.7. The van der Waals surface area contributed by atoms with E-state index < -0.39 is 23.6 Å². The molecule has 1 aliphatic heterocycles. The molecule has 5 nitrogen and oxygen atoms in total. The van der Waals surface area contributed by atoms with Gasteiger partial charge in [0.25, 0.3) is 5.91 Å². The average molecular weight is 336 g/mol. The molecule has 0 bridgehead atoms. The SMILES string of the molecule is Cc1c(N2C(=O)N(C)[C@]3(CCC(F)C3)C2=O)ccc(C#N)c1Cl. The lowest BCUT2D eigenvalue weighted by Gasteiger charge is -2.27. The fraction of sp³-hybridized carbons (Fsp3) is 0.438. The summed E-state index contributed by atoms with van der Waals surface area (Å²) in [6, 6.07) is 4.47. The number of rotatable bonds is 1. The molecule has 1 aromatic carbocycles. The molecule has 0 radical (unpaired) electrons. The summed E-state index contributed by atoms with van der Waals surface area (Å²) < 4.78 is 13.7. The van der Waals surface area contributed by atoms with Crippen molar-refractivity contribution < 1.29 is 14.0 Å². The Morgan fingerprint density at radius 3 is 2.70 bits per heavy atom. The molecule has 3 amide bonds. The molecule has 2 aliphatic rings. The molecular formula is C16H15ClFN3O2. The number of carbonyl (C=O) groups is 2. The number of likely N-dealkylation sites (N-methyl/N-ethyl adjacent to an activating group) is 1. The van der Waals surface area contributed by atoms with E-state index in [2.05, 4.69) is 0 Å². The molecule has 1 aromatic rings. The number of imide groups is 1. The van der Waals surface area contributed by atoms with Crippen LogP contribution in [0.15, 0.2) is 12.1 Å². The van der Waals surface area contributed by atoms with Crippen molar-refractivity contribution in [3.63, 3.8) is 0 Å². The van der Waals surface area contributed by atoms with Crippen molar-refractivity contribution in [1.29, 1.82) is 5.26 Å². The number of alkyl halides is 1. The van der Waals surface area contributed by atoms with Gasteiger partial charge >= 0.3 is 6.03 Å². The number of urea groups is 1. The Morgan fingerprint density at radius 1 is 1.43 bits per heavy atom. The zero-order valence-corrected chi connectivity index (χ0v) is 13.5. The summed E-state index contributed by atoms with van der Waals surface area (Å²) in [5.74, 6) is -0.422. The lowest BCUT2D eigenvalue weighted by Crippen LogP contribution is -2.45. The minimum atomic E-state index is -1.11. The average Bonchev–Trinajstić information content (AvgIpc) is 3.00. The Balaban J connectivity index is 2.09. The van der Waals surface area contributed by atoms with Crippen LogP contribution in [0.3, 0.4) is 0 Å². The second-order valence-electron chi connectivity index (χ2n) is 6.04. The van der Waals surface area contributed by atoms with Gasteiger partial charge in [0.2, 0.25) is 0 Å². The first-order valence-electron chi connectivity index (χ1n) is 7.29. The third-order valence-electron chi connectivity index (χ3n) is 4.87. The summed E-state index contributed by atoms with van der Waals surface area (Å²) in [6.07, 6.45) is -0.480. The van der Waals surface area contributed by atoms with Crippen molar-refractivity contribution in [2.75, 3.05) is 11.9 Å². The molecule has 1 unspecified atom stereocenters. The van der Waals surface area contributed by atoms with Gasteiger partial charge in [-0.3, -0.25) is 4.79 Å². The first-order chi connectivity index (χ1) is 10.8. The molecular weight excluding hydrogens is 321 g/mol. The van der Waals surface area contributed by atoms with E-state index in [9.17, 15) is 14.0 Å². The van der Waals surface area contributed by atoms with E-state index in [0.29, 0.717) is 17.7 Å². The molecule has 1 spiro atoms. The van der Waals surface area contributed by atoms with Gasteiger partial charge in [-0.1, -0.05) is 11.6 Å². The number of benzene rings is 1. The molecule has 1 saturated carbocycles. The van der Waals surface area contributed by atoms with Crippen LogP contribution in [0.1, 0.15) is 30.4 Å². The van der Waals surface area contributed by atoms with Gasteiger partial charge in [0.1, 0.15) is 17.8 Å². The Hall–Kier alpha value is -2.13. The molecule has 1 aliphatic carbocycles. The van der Waals surface area contributed by atoms with Crippen LogP contribution in [0.25, 0.3) is 0 Å². The number of hydrogen-bond donors (Lipinski definition) is 0. The van der Waals surface area contributed by atoms with Crippen molar-refractivity contribution in [3.8, 4) is 6.07 Å². The fourth-order valence-corrected chi connectivity index (χ4v) is 3.65. The summed E-state index contributed by atoms with van der Waals surface area (Å²) in [6.45, 7) is 1.65. The van der Waals surface area contributed by atoms with Crippen molar-refractivity contribution >= 4 is 29.2 Å². The van der Waals surface area contributed by atoms with Gasteiger partial charge in [-0.2, -0.15) is 5.26 Å². The zero-order valence-electron chi connectivity index (χ0n) is 12.8. The van der Waals surface area contributed by atoms with E-state index in [-0.39, 0.29) is 23.4 Å². The van der Waals surface area contributed by atoms with Crippen molar-refractivity contribution in [2.24, 2.45) is 0 Å². The maximum atomic E-state index is 13.7. The summed E-state index contributed by atoms with van der Waals surface area (Å²) >= 11 is 6.14. The normalized spacial score (nSPS) is 27.2. The predicted molar refractivity (Wildman–Crippen MR) is 83.0 cm³/mol. The maximum Gasteiger partial charge on any atom is 0.332 e. The van der Waals surface area contributed by atoms with Gasteiger partial charge in [-0.15, -0.1) is 0 Å². The minimum Gasteiger partial charge on any atom is -0.312 e. The third-order valence-corrected chi connectivity index (χ3v) is 5.36. The number of halogens is 2. The van der Waals surface area contributed by atoms with E-state index in [4.69, 9.17) is 16.9 Å². The largest absolute Gasteiger partial charge is 0.332 e. The summed E-state index contributed by atoms with van der Waals surface area (Å²) in [5.41, 5.74) is -0.00832. The smallest absolute Gasteiger partial charge is 0.312 e. The van der Waals surface area contributed by atoms with E-state index in [1.807, 2.05) is 6.07 Å². The highest BCUT2D eigenvalue weighted by Crippen LogP contribution is 2.44. The van der Waals surface area contributed by atoms with Crippen LogP contribution < -0.4 is 4.90 Å². The standard InChI is InChI=1S/C16H15ClFN3O2/c1-9-12(4-3-10(8-19)13(9)17)21-14(22)16(20(2)15(21)23)6-5-11(18)7-16/h3-4,11H,5-7H2,1-2H3/t11?,16-/m0/s1. The lowest BCUT2D eigenvalue weighted by molar-refractivity contribution is -0.124. The third kappa shape index (κ3) is 2.03. The lowest BCUT2D eigenvalue weighted by atomic mass is 9.96. The Morgan fingerprint density at radius 2 is 2.13 bits per heavy atom. The van der Waals surface area contributed by atoms with Crippen LogP contribution in [0.4, 0.5) is 14.9 Å². The van der Waals surface area contributed by atoms with Gasteiger partial charge < -0.3 is 4.90 Å². The van der Waals surface area contributed by atoms with Crippen LogP contribution in [0, 0.1) is 18.3 Å². The highest BCUT2D eigenvalue weighted by Gasteiger charge is 2.59. The van der Waals surface area contributed by atoms with Gasteiger partial charge in [0, 0.05) is 13.5 Å². The number of nitriles is 1. The summed E-state index contributed by atoms with van der Waals surface area (Å²) in [5, 5.41) is 9.22. The molecule has 23 heavy (non-hydrogen) atoms. The van der Waals surface area contributed by atoms with E-state index in [1.165, 1.54) is 24.1 Å². The van der Waals surface area contributed by atoms with Gasteiger partial charge in [0.15, 0.2) is 0 Å². The Bertz CT molecular complexity index is 760. The number of hydrogen-bond acceptors (Lipinski definition) is 3. The Labute approximate surface area is 138 Å². The molecule has 3 rings (SSSR count). The van der Waals surface area contributed by atoms with E-state index in [0.717, 1.165) is 4.90 Å². The van der Waals surface area contributed by atoms with Crippen LogP contribution in [-0.2, 0) is 4.79 Å². The zero-order chi connectivity index (χ0) is 16.9. The topological polar surface area (TPSA) is 64.4 Å². The second-order valence-corrected chi connectivity index (χ2v) is 6.41. The first kappa shape index (κ1) is 15.8. The van der Waals surface area contributed by atoms with Crippen LogP contribution in [-0.4, -0.2) is 35.6 Å². The van der Waals surface area contributed by atoms with Crippen LogP contribution >= 0.6 is 11.6 Å². The molecule has 7 heteroatoms. The van der Waals surface area contributed by atoms with Crippen molar-refractivity contribution in [3.05, 3.63) is 28.3 Å². The summed E-state index contributed by atoms with van der Waals surface area (Å²) in [7, 11) is 1.53. The number of carbonyl (C=O) groups excluding carboxylic acids is 2. The molecule has 0 N–H and O–H groups in total. The number of amides is 3. The van der Waals surface area contributed by atoms with Gasteiger partial charge in [-0.05, 0) is 37.5 Å². The highest BCUT2D eigenvalue weighted by atomic mass is 35.5. The molecule has 1 saturated heterocycles. The molecule has 0 aromatic heterocycles. The van der Waals surface area contributed by atoms with Crippen molar-refractivity contribution in [2.45, 2.75) is 37.9 Å². The van der Waals surface area contributed by atoms with E-state index >= 15 is 0 Å². The predicted octanol–water partition coefficient (Wildman–Crippen LogP) is 3.18. The number of anilines is 1. The first-order valence-corrected chi connectivity index (χ1v) is 7.67. The van der Waals surface area contributed by atoms with E-state index in [1.54, 1.807) is 6.92 Å². The molecule has 2 fully saturated rings. The Kier molecular flexibility index (Phi) is 3.56. The van der Waals surface area contributed by atoms with Crippen LogP contribution in [0.2, 0.25) is 5.02 Å². The minimum absolute atomic E-state index is 0.0215. The molecule has 2 atom stereocenters. The highest BCUT2D eigenvalue weighted by molar-refractivity contribution is 6.33.